The fourth-order valence-corrected chi connectivity index (χ4v) is 12.4. The first-order valence-electron chi connectivity index (χ1n) is 34.4. The van der Waals surface area contributed by atoms with Gasteiger partial charge in [0, 0.05) is 81.4 Å². The van der Waals surface area contributed by atoms with Gasteiger partial charge in [-0.15, -0.1) is 0 Å². The molecule has 0 saturated carbocycles. The molecular weight excluding hydrogens is 1230 g/mol. The molecule has 0 aromatic carbocycles. The van der Waals surface area contributed by atoms with Gasteiger partial charge in [-0.3, -0.25) is 57.5 Å². The molecular formula is C69H123N13O14. The number of aliphatic hydroxyl groups is 1. The number of amides is 12. The quantitative estimate of drug-likeness (QED) is 0.123. The van der Waals surface area contributed by atoms with E-state index in [1.165, 1.54) is 89.7 Å². The number of piperazine rings is 1. The molecule has 0 aliphatic carbocycles. The minimum absolute atomic E-state index is 0.0321. The van der Waals surface area contributed by atoms with Crippen LogP contribution in [0.25, 0.3) is 0 Å². The second kappa shape index (κ2) is 39.0. The molecule has 27 nitrogen and oxygen atoms in total. The summed E-state index contributed by atoms with van der Waals surface area (Å²) < 4.78 is 5.98. The number of hydrogen-bond donors (Lipinski definition) is 5. The number of nitrogens with zero attached hydrogens (tertiary/aromatic N) is 9. The zero-order chi connectivity index (χ0) is 73.8. The molecule has 0 aromatic rings. The van der Waals surface area contributed by atoms with Crippen molar-refractivity contribution < 1.29 is 67.4 Å². The van der Waals surface area contributed by atoms with Crippen LogP contribution in [0, 0.1) is 41.4 Å². The van der Waals surface area contributed by atoms with Crippen LogP contribution in [0.3, 0.4) is 0 Å². The zero-order valence-electron chi connectivity index (χ0n) is 62.7. The third-order valence-corrected chi connectivity index (χ3v) is 18.8. The molecule has 0 spiro atoms. The molecule has 2 aliphatic rings. The highest BCUT2D eigenvalue weighted by Crippen LogP contribution is 2.26. The van der Waals surface area contributed by atoms with Crippen LogP contribution in [-0.4, -0.2) is 288 Å². The van der Waals surface area contributed by atoms with E-state index in [-0.39, 0.29) is 69.0 Å². The topological polar surface area (TPSA) is 312 Å². The molecule has 0 unspecified atom stereocenters. The molecule has 27 heteroatoms. The SMILES string of the molecule is C/C=C/C[C@@H](C)[C@@H](O)[C@H]1C(=O)N[C@@H](CC)C(=O)N(C)[C@H](C)C(=O)N(C)[C@@H]([C@H](C)COCC(=O)N2CCN(C)CC2)C(=O)N[C@@H](C(C)C)C(=O)N(C)[C@@H](CC(C)C)C(=O)N[C@@H](C)C(=O)N[C@H](C)C(=O)N(C)[C@@H](CC(C)C)C(=O)N(C)[C@@H](CC(C)C)C(=O)N(C)[C@@H](C(C)C)C(=O)N1C. The lowest BCUT2D eigenvalue weighted by atomic mass is 9.91. The van der Waals surface area contributed by atoms with E-state index < -0.39 is 161 Å². The number of hydrogen-bond acceptors (Lipinski definition) is 15. The summed E-state index contributed by atoms with van der Waals surface area (Å²) in [6, 6.07) is -14.4. The average molecular weight is 1360 g/mol. The lowest BCUT2D eigenvalue weighted by Gasteiger charge is -2.41. The average Bonchev–Trinajstić information content (AvgIpc) is 0.811. The second-order valence-corrected chi connectivity index (χ2v) is 28.9. The Labute approximate surface area is 573 Å². The minimum Gasteiger partial charge on any atom is -0.390 e. The van der Waals surface area contributed by atoms with E-state index in [9.17, 15) is 38.7 Å². The van der Waals surface area contributed by atoms with Gasteiger partial charge in [-0.2, -0.15) is 0 Å². The number of rotatable bonds is 18. The summed E-state index contributed by atoms with van der Waals surface area (Å²) in [5.74, 6) is -11.5. The lowest BCUT2D eigenvalue weighted by molar-refractivity contribution is -0.157. The molecule has 5 N–H and O–H groups in total. The highest BCUT2D eigenvalue weighted by atomic mass is 16.5. The van der Waals surface area contributed by atoms with E-state index in [1.54, 1.807) is 72.4 Å². The molecule has 2 fully saturated rings. The Balaban J connectivity index is 3.03. The van der Waals surface area contributed by atoms with Gasteiger partial charge in [0.25, 0.3) is 0 Å². The van der Waals surface area contributed by atoms with E-state index in [0.29, 0.717) is 26.2 Å². The molecule has 96 heavy (non-hydrogen) atoms. The molecule has 2 aliphatic heterocycles. The van der Waals surface area contributed by atoms with E-state index in [1.807, 2.05) is 48.6 Å². The first-order chi connectivity index (χ1) is 44.5. The van der Waals surface area contributed by atoms with Crippen molar-refractivity contribution in [2.75, 3.05) is 95.8 Å². The molecule has 548 valence electrons. The molecule has 0 bridgehead atoms. The summed E-state index contributed by atoms with van der Waals surface area (Å²) >= 11 is 0. The Hall–Kier alpha value is -6.74. The Morgan fingerprint density at radius 2 is 0.958 bits per heavy atom. The van der Waals surface area contributed by atoms with Crippen LogP contribution >= 0.6 is 0 Å². The van der Waals surface area contributed by atoms with Crippen molar-refractivity contribution in [3.05, 3.63) is 12.2 Å². The molecule has 0 aromatic heterocycles. The Morgan fingerprint density at radius 1 is 0.500 bits per heavy atom. The van der Waals surface area contributed by atoms with Crippen molar-refractivity contribution in [2.45, 2.75) is 222 Å². The highest BCUT2D eigenvalue weighted by Gasteiger charge is 2.46. The smallest absolute Gasteiger partial charge is 0.248 e. The predicted octanol–water partition coefficient (Wildman–Crippen LogP) is 2.04. The van der Waals surface area contributed by atoms with Crippen LogP contribution in [-0.2, 0) is 62.3 Å². The van der Waals surface area contributed by atoms with Crippen molar-refractivity contribution in [1.82, 2.24) is 65.4 Å². The van der Waals surface area contributed by atoms with Crippen molar-refractivity contribution in [3.8, 4) is 0 Å². The van der Waals surface area contributed by atoms with E-state index in [4.69, 9.17) is 4.74 Å². The highest BCUT2D eigenvalue weighted by molar-refractivity contribution is 6.00. The first-order valence-corrected chi connectivity index (χ1v) is 34.4. The largest absolute Gasteiger partial charge is 0.390 e. The van der Waals surface area contributed by atoms with Gasteiger partial charge in [0.2, 0.25) is 70.9 Å². The van der Waals surface area contributed by atoms with Gasteiger partial charge in [0.05, 0.1) is 12.7 Å². The summed E-state index contributed by atoms with van der Waals surface area (Å²) in [6.45, 7) is 30.8. The van der Waals surface area contributed by atoms with Gasteiger partial charge in [0.1, 0.15) is 73.1 Å². The number of carbonyl (C=O) groups is 12. The Bertz CT molecular complexity index is 2680. The van der Waals surface area contributed by atoms with Gasteiger partial charge >= 0.3 is 0 Å². The number of nitrogens with one attached hydrogen (secondary N) is 4. The van der Waals surface area contributed by atoms with Crippen LogP contribution in [0.1, 0.15) is 150 Å². The van der Waals surface area contributed by atoms with Crippen LogP contribution in [0.15, 0.2) is 12.2 Å². The normalized spacial score (nSPS) is 27.4. The monoisotopic (exact) mass is 1360 g/mol. The standard InChI is InChI=1S/C69H123N13O14/c1-26-28-29-44(13)58(84)57-62(88)72-49(27-2)65(91)75(19)48(17)64(90)80(24)56(45(14)37-96-38-53(83)82-32-30-74(18)31-33-82)61(87)73-54(42(9)10)68(94)76(20)50(34-39(3)4)60(86)70-46(15)59(85)71-47(16)63(89)77(21)51(35-40(5)6)66(92)78(22)52(36-41(7)8)67(93)79(23)55(43(11)12)69(95)81(57)25/h26,28,39-52,54-58,84H,27,29-38H2,1-25H3,(H,70,86)(H,71,85)(H,72,88)(H,73,87)/b28-26+/t44-,45-,46+,47-,48-,49+,50+,51+,52+,54+,55+,56+,57+,58-/m1/s1. The number of aliphatic hydroxyl groups excluding tert-OH is 1. The maximum atomic E-state index is 15.3. The van der Waals surface area contributed by atoms with Gasteiger partial charge in [-0.25, -0.2) is 0 Å². The van der Waals surface area contributed by atoms with Crippen LogP contribution in [0.5, 0.6) is 0 Å². The molecule has 12 amide bonds. The summed E-state index contributed by atoms with van der Waals surface area (Å²) in [4.78, 5) is 189. The molecule has 2 rings (SSSR count). The van der Waals surface area contributed by atoms with Gasteiger partial charge in [-0.05, 0) is 102 Å². The van der Waals surface area contributed by atoms with Crippen molar-refractivity contribution >= 4 is 70.9 Å². The summed E-state index contributed by atoms with van der Waals surface area (Å²) in [5, 5.41) is 23.2. The lowest BCUT2D eigenvalue weighted by Crippen LogP contribution is -2.64. The number of ether oxygens (including phenoxy) is 1. The maximum absolute atomic E-state index is 15.3. The van der Waals surface area contributed by atoms with Crippen molar-refractivity contribution in [1.29, 1.82) is 0 Å². The van der Waals surface area contributed by atoms with E-state index >= 15 is 24.0 Å². The van der Waals surface area contributed by atoms with Crippen molar-refractivity contribution in [2.24, 2.45) is 41.4 Å². The fourth-order valence-electron chi connectivity index (χ4n) is 12.4. The fraction of sp³-hybridized carbons (Fsp3) is 0.797. The third-order valence-electron chi connectivity index (χ3n) is 18.8. The van der Waals surface area contributed by atoms with Crippen molar-refractivity contribution in [3.63, 3.8) is 0 Å². The number of likely N-dealkylation sites (N-methyl/N-ethyl adjacent to an activating group) is 8. The maximum Gasteiger partial charge on any atom is 0.248 e. The number of allylic oxidation sites excluding steroid dienone is 2. The van der Waals surface area contributed by atoms with Gasteiger partial charge in [0.15, 0.2) is 0 Å². The summed E-state index contributed by atoms with van der Waals surface area (Å²) in [7, 11) is 11.7. The van der Waals surface area contributed by atoms with Gasteiger partial charge in [-0.1, -0.05) is 102 Å². The van der Waals surface area contributed by atoms with Crippen LogP contribution < -0.4 is 21.3 Å². The van der Waals surface area contributed by atoms with Gasteiger partial charge < -0.3 is 75.2 Å². The predicted molar refractivity (Wildman–Crippen MR) is 368 cm³/mol. The summed E-state index contributed by atoms with van der Waals surface area (Å²) in [5.41, 5.74) is 0. The second-order valence-electron chi connectivity index (χ2n) is 28.9. The molecule has 2 saturated heterocycles. The van der Waals surface area contributed by atoms with Crippen LogP contribution in [0.4, 0.5) is 0 Å². The summed E-state index contributed by atoms with van der Waals surface area (Å²) in [6.07, 6.45) is 2.66. The number of carbonyl (C=O) groups excluding carboxylic acids is 12. The van der Waals surface area contributed by atoms with Crippen LogP contribution in [0.2, 0.25) is 0 Å². The first kappa shape index (κ1) is 85.3. The minimum atomic E-state index is -1.66. The molecule has 0 radical (unpaired) electrons. The van der Waals surface area contributed by atoms with E-state index in [2.05, 4.69) is 26.2 Å². The molecule has 2 heterocycles. The van der Waals surface area contributed by atoms with E-state index in [0.717, 1.165) is 14.7 Å². The zero-order valence-corrected chi connectivity index (χ0v) is 62.7. The Kier molecular flexibility index (Phi) is 34.7. The third kappa shape index (κ3) is 23.2. The molecule has 14 atom stereocenters. The Morgan fingerprint density at radius 3 is 1.45 bits per heavy atom.